The smallest absolute Gasteiger partial charge is 0.224 e. The molecule has 0 saturated carbocycles. The Kier molecular flexibility index (Phi) is 4.44. The van der Waals surface area contributed by atoms with Gasteiger partial charge in [-0.15, -0.1) is 0 Å². The standard InChI is InChI=1S/C12H20N4O3S/c1-10-9-11(2)16(14-10)5-3-12(17)15-6-4-13-20(18,19)8-7-15/h9,13H,3-8H2,1-2H3. The van der Waals surface area contributed by atoms with Crippen LogP contribution in [0.5, 0.6) is 0 Å². The highest BCUT2D eigenvalue weighted by atomic mass is 32.2. The van der Waals surface area contributed by atoms with Gasteiger partial charge < -0.3 is 4.90 Å². The Hall–Kier alpha value is -1.41. The van der Waals surface area contributed by atoms with E-state index in [2.05, 4.69) is 9.82 Å². The van der Waals surface area contributed by atoms with Crippen LogP contribution in [-0.4, -0.2) is 54.4 Å². The van der Waals surface area contributed by atoms with Crippen LogP contribution in [0.2, 0.25) is 0 Å². The van der Waals surface area contributed by atoms with E-state index in [1.807, 2.05) is 19.9 Å². The summed E-state index contributed by atoms with van der Waals surface area (Å²) in [5.41, 5.74) is 1.95. The molecule has 1 saturated heterocycles. The zero-order chi connectivity index (χ0) is 14.8. The Morgan fingerprint density at radius 3 is 2.80 bits per heavy atom. The minimum absolute atomic E-state index is 0.0291. The van der Waals surface area contributed by atoms with Crippen LogP contribution in [0, 0.1) is 13.8 Å². The van der Waals surface area contributed by atoms with Gasteiger partial charge in [-0.3, -0.25) is 9.48 Å². The zero-order valence-electron chi connectivity index (χ0n) is 11.8. The number of amides is 1. The average molecular weight is 300 g/mol. The molecule has 1 N–H and O–H groups in total. The number of rotatable bonds is 3. The maximum absolute atomic E-state index is 12.1. The molecular formula is C12H20N4O3S. The summed E-state index contributed by atoms with van der Waals surface area (Å²) in [5.74, 6) is -0.0602. The molecule has 1 aromatic rings. The largest absolute Gasteiger partial charge is 0.340 e. The summed E-state index contributed by atoms with van der Waals surface area (Å²) in [6, 6.07) is 1.97. The number of carbonyl (C=O) groups excluding carboxylic acids is 1. The van der Waals surface area contributed by atoms with Crippen molar-refractivity contribution in [1.82, 2.24) is 19.4 Å². The predicted molar refractivity (Wildman–Crippen MR) is 74.7 cm³/mol. The Morgan fingerprint density at radius 1 is 1.40 bits per heavy atom. The fourth-order valence-electron chi connectivity index (χ4n) is 2.26. The topological polar surface area (TPSA) is 84.3 Å². The van der Waals surface area contributed by atoms with Gasteiger partial charge in [0.15, 0.2) is 0 Å². The van der Waals surface area contributed by atoms with E-state index in [0.29, 0.717) is 19.5 Å². The summed E-state index contributed by atoms with van der Waals surface area (Å²) in [4.78, 5) is 13.7. The first-order valence-electron chi connectivity index (χ1n) is 6.63. The quantitative estimate of drug-likeness (QED) is 0.827. The van der Waals surface area contributed by atoms with Gasteiger partial charge in [0.25, 0.3) is 0 Å². The lowest BCUT2D eigenvalue weighted by Gasteiger charge is -2.19. The molecule has 8 heteroatoms. The van der Waals surface area contributed by atoms with Gasteiger partial charge in [-0.25, -0.2) is 13.1 Å². The van der Waals surface area contributed by atoms with Crippen molar-refractivity contribution >= 4 is 15.9 Å². The Balaban J connectivity index is 1.90. The molecule has 1 fully saturated rings. The second-order valence-corrected chi connectivity index (χ2v) is 6.92. The second-order valence-electron chi connectivity index (χ2n) is 4.99. The Labute approximate surface area is 119 Å². The fourth-order valence-corrected chi connectivity index (χ4v) is 3.27. The number of hydrogen-bond donors (Lipinski definition) is 1. The highest BCUT2D eigenvalue weighted by Crippen LogP contribution is 2.05. The SMILES string of the molecule is Cc1cc(C)n(CCC(=O)N2CCNS(=O)(=O)CC2)n1. The first-order chi connectivity index (χ1) is 9.37. The molecule has 2 heterocycles. The molecule has 0 unspecified atom stereocenters. The first kappa shape index (κ1) is 15.0. The van der Waals surface area contributed by atoms with Gasteiger partial charge in [-0.05, 0) is 19.9 Å². The lowest BCUT2D eigenvalue weighted by molar-refractivity contribution is -0.131. The molecule has 0 aromatic carbocycles. The van der Waals surface area contributed by atoms with Crippen molar-refractivity contribution in [3.8, 4) is 0 Å². The first-order valence-corrected chi connectivity index (χ1v) is 8.29. The number of aryl methyl sites for hydroxylation is 3. The normalized spacial score (nSPS) is 18.8. The predicted octanol–water partition coefficient (Wildman–Crippen LogP) is -0.348. The van der Waals surface area contributed by atoms with E-state index >= 15 is 0 Å². The number of carbonyl (C=O) groups is 1. The van der Waals surface area contributed by atoms with E-state index in [1.54, 1.807) is 9.58 Å². The van der Waals surface area contributed by atoms with Crippen molar-refractivity contribution in [3.63, 3.8) is 0 Å². The van der Waals surface area contributed by atoms with Crippen molar-refractivity contribution in [3.05, 3.63) is 17.5 Å². The molecule has 7 nitrogen and oxygen atoms in total. The van der Waals surface area contributed by atoms with Crippen LogP contribution in [0.1, 0.15) is 17.8 Å². The lowest BCUT2D eigenvalue weighted by Crippen LogP contribution is -2.35. The molecule has 0 radical (unpaired) electrons. The number of hydrogen-bond acceptors (Lipinski definition) is 4. The van der Waals surface area contributed by atoms with Crippen molar-refractivity contribution in [2.75, 3.05) is 25.4 Å². The molecule has 0 bridgehead atoms. The zero-order valence-corrected chi connectivity index (χ0v) is 12.6. The molecule has 1 aromatic heterocycles. The van der Waals surface area contributed by atoms with E-state index < -0.39 is 10.0 Å². The molecule has 0 spiro atoms. The van der Waals surface area contributed by atoms with Crippen molar-refractivity contribution in [2.24, 2.45) is 0 Å². The molecule has 0 atom stereocenters. The van der Waals surface area contributed by atoms with Crippen LogP contribution in [-0.2, 0) is 21.4 Å². The molecular weight excluding hydrogens is 280 g/mol. The number of nitrogens with one attached hydrogen (secondary N) is 1. The third kappa shape index (κ3) is 3.80. The van der Waals surface area contributed by atoms with Crippen LogP contribution in [0.3, 0.4) is 0 Å². The molecule has 0 aliphatic carbocycles. The molecule has 112 valence electrons. The van der Waals surface area contributed by atoms with Gasteiger partial charge in [0.2, 0.25) is 15.9 Å². The third-order valence-corrected chi connectivity index (χ3v) is 4.69. The van der Waals surface area contributed by atoms with Gasteiger partial charge in [0, 0.05) is 38.3 Å². The van der Waals surface area contributed by atoms with E-state index in [-0.39, 0.29) is 24.7 Å². The van der Waals surface area contributed by atoms with Gasteiger partial charge in [-0.1, -0.05) is 0 Å². The molecule has 1 aliphatic heterocycles. The van der Waals surface area contributed by atoms with E-state index in [4.69, 9.17) is 0 Å². The fraction of sp³-hybridized carbons (Fsp3) is 0.667. The maximum Gasteiger partial charge on any atom is 0.224 e. The van der Waals surface area contributed by atoms with E-state index in [0.717, 1.165) is 11.4 Å². The van der Waals surface area contributed by atoms with Gasteiger partial charge in [0.05, 0.1) is 11.4 Å². The minimum atomic E-state index is -3.22. The van der Waals surface area contributed by atoms with Crippen LogP contribution in [0.25, 0.3) is 0 Å². The van der Waals surface area contributed by atoms with Gasteiger partial charge in [0.1, 0.15) is 0 Å². The average Bonchev–Trinajstić information content (AvgIpc) is 2.56. The number of sulfonamides is 1. The summed E-state index contributed by atoms with van der Waals surface area (Å²) in [5, 5.41) is 4.31. The van der Waals surface area contributed by atoms with Crippen LogP contribution >= 0.6 is 0 Å². The highest BCUT2D eigenvalue weighted by molar-refractivity contribution is 7.89. The third-order valence-electron chi connectivity index (χ3n) is 3.33. The van der Waals surface area contributed by atoms with Gasteiger partial charge >= 0.3 is 0 Å². The summed E-state index contributed by atoms with van der Waals surface area (Å²) < 4.78 is 27.1. The number of aromatic nitrogens is 2. The van der Waals surface area contributed by atoms with E-state index in [9.17, 15) is 13.2 Å². The molecule has 1 aliphatic rings. The van der Waals surface area contributed by atoms with Crippen molar-refractivity contribution < 1.29 is 13.2 Å². The monoisotopic (exact) mass is 300 g/mol. The van der Waals surface area contributed by atoms with Crippen LogP contribution < -0.4 is 4.72 Å². The maximum atomic E-state index is 12.1. The van der Waals surface area contributed by atoms with Crippen molar-refractivity contribution in [2.45, 2.75) is 26.8 Å². The van der Waals surface area contributed by atoms with Crippen LogP contribution in [0.15, 0.2) is 6.07 Å². The lowest BCUT2D eigenvalue weighted by atomic mass is 10.3. The molecule has 20 heavy (non-hydrogen) atoms. The molecule has 2 rings (SSSR count). The van der Waals surface area contributed by atoms with Gasteiger partial charge in [-0.2, -0.15) is 5.10 Å². The Bertz CT molecular complexity index is 594. The van der Waals surface area contributed by atoms with Crippen molar-refractivity contribution in [1.29, 1.82) is 0 Å². The number of nitrogens with zero attached hydrogens (tertiary/aromatic N) is 3. The second kappa shape index (κ2) is 5.92. The molecule has 1 amide bonds. The van der Waals surface area contributed by atoms with Crippen LogP contribution in [0.4, 0.5) is 0 Å². The summed E-state index contributed by atoms with van der Waals surface area (Å²) in [6.07, 6.45) is 0.335. The summed E-state index contributed by atoms with van der Waals surface area (Å²) >= 11 is 0. The summed E-state index contributed by atoms with van der Waals surface area (Å²) in [7, 11) is -3.22. The Morgan fingerprint density at radius 2 is 2.15 bits per heavy atom. The highest BCUT2D eigenvalue weighted by Gasteiger charge is 2.21. The van der Waals surface area contributed by atoms with E-state index in [1.165, 1.54) is 0 Å². The summed E-state index contributed by atoms with van der Waals surface area (Å²) in [6.45, 7) is 5.35. The minimum Gasteiger partial charge on any atom is -0.340 e.